The molecule has 2 aromatic heterocycles. The molecule has 0 radical (unpaired) electrons. The number of thiophene rings is 1. The van der Waals surface area contributed by atoms with Gasteiger partial charge in [-0.2, -0.15) is 0 Å². The Morgan fingerprint density at radius 1 is 1.20 bits per heavy atom. The number of hydrogen-bond donors (Lipinski definition) is 3. The molecule has 3 aromatic rings. The van der Waals surface area contributed by atoms with Gasteiger partial charge in [0.05, 0.1) is 15.9 Å². The number of rotatable bonds is 6. The Morgan fingerprint density at radius 3 is 2.68 bits per heavy atom. The molecule has 1 atom stereocenters. The molecule has 0 saturated carbocycles. The molecule has 0 aliphatic carbocycles. The maximum absolute atomic E-state index is 12.6. The molecule has 130 valence electrons. The molecular formula is C18H20N4O2S. The van der Waals surface area contributed by atoms with Gasteiger partial charge < -0.3 is 10.3 Å². The first kappa shape index (κ1) is 17.2. The van der Waals surface area contributed by atoms with Crippen LogP contribution in [0.2, 0.25) is 0 Å². The van der Waals surface area contributed by atoms with Crippen LogP contribution in [-0.2, 0) is 4.79 Å². The Bertz CT molecular complexity index is 837. The monoisotopic (exact) mass is 356 g/mol. The van der Waals surface area contributed by atoms with Gasteiger partial charge in [-0.3, -0.25) is 14.9 Å². The van der Waals surface area contributed by atoms with Gasteiger partial charge in [0.25, 0.3) is 5.91 Å². The van der Waals surface area contributed by atoms with Crippen molar-refractivity contribution in [3.05, 3.63) is 46.7 Å². The molecule has 25 heavy (non-hydrogen) atoms. The summed E-state index contributed by atoms with van der Waals surface area (Å²) < 4.78 is 0. The number of fused-ring (bicyclic) bond motifs is 1. The minimum Gasteiger partial charge on any atom is -0.340 e. The van der Waals surface area contributed by atoms with Crippen LogP contribution >= 0.6 is 11.3 Å². The molecule has 3 rings (SSSR count). The van der Waals surface area contributed by atoms with E-state index in [4.69, 9.17) is 0 Å². The SMILES string of the molecule is CC(C)CC(NC(=O)c1cccs1)C(=O)Nc1nc2ccccc2[nH]1. The first-order valence-corrected chi connectivity index (χ1v) is 9.01. The van der Waals surface area contributed by atoms with Gasteiger partial charge in [0.1, 0.15) is 6.04 Å². The largest absolute Gasteiger partial charge is 0.340 e. The fraction of sp³-hybridized carbons (Fsp3) is 0.278. The molecule has 0 aliphatic heterocycles. The third-order valence-electron chi connectivity index (χ3n) is 3.70. The minimum atomic E-state index is -0.622. The quantitative estimate of drug-likeness (QED) is 0.632. The number of nitrogens with one attached hydrogen (secondary N) is 3. The summed E-state index contributed by atoms with van der Waals surface area (Å²) in [4.78, 5) is 32.9. The summed E-state index contributed by atoms with van der Waals surface area (Å²) >= 11 is 1.35. The van der Waals surface area contributed by atoms with Crippen molar-refractivity contribution in [1.29, 1.82) is 0 Å². The highest BCUT2D eigenvalue weighted by Crippen LogP contribution is 2.15. The van der Waals surface area contributed by atoms with Crippen molar-refractivity contribution in [2.75, 3.05) is 5.32 Å². The molecule has 0 saturated heterocycles. The van der Waals surface area contributed by atoms with Crippen LogP contribution in [0, 0.1) is 5.92 Å². The zero-order chi connectivity index (χ0) is 17.8. The second kappa shape index (κ2) is 7.48. The zero-order valence-corrected chi connectivity index (χ0v) is 14.9. The number of carbonyl (C=O) groups is 2. The van der Waals surface area contributed by atoms with E-state index in [1.807, 2.05) is 49.6 Å². The number of para-hydroxylation sites is 2. The van der Waals surface area contributed by atoms with Crippen molar-refractivity contribution in [2.24, 2.45) is 5.92 Å². The van der Waals surface area contributed by atoms with E-state index in [0.29, 0.717) is 17.2 Å². The predicted molar refractivity (Wildman–Crippen MR) is 99.8 cm³/mol. The van der Waals surface area contributed by atoms with Crippen LogP contribution in [0.3, 0.4) is 0 Å². The summed E-state index contributed by atoms with van der Waals surface area (Å²) in [5, 5.41) is 7.43. The molecule has 1 aromatic carbocycles. The van der Waals surface area contributed by atoms with Crippen molar-refractivity contribution in [1.82, 2.24) is 15.3 Å². The minimum absolute atomic E-state index is 0.236. The molecule has 0 aliphatic rings. The highest BCUT2D eigenvalue weighted by molar-refractivity contribution is 7.12. The van der Waals surface area contributed by atoms with Crippen LogP contribution in [0.4, 0.5) is 5.95 Å². The third-order valence-corrected chi connectivity index (χ3v) is 4.57. The molecule has 0 bridgehead atoms. The first-order chi connectivity index (χ1) is 12.0. The summed E-state index contributed by atoms with van der Waals surface area (Å²) in [7, 11) is 0. The number of anilines is 1. The van der Waals surface area contributed by atoms with Gasteiger partial charge in [-0.15, -0.1) is 11.3 Å². The summed E-state index contributed by atoms with van der Waals surface area (Å²) in [6.07, 6.45) is 0.545. The molecule has 3 N–H and O–H groups in total. The lowest BCUT2D eigenvalue weighted by Crippen LogP contribution is -2.44. The van der Waals surface area contributed by atoms with Crippen LogP contribution in [0.1, 0.15) is 29.9 Å². The van der Waals surface area contributed by atoms with Crippen molar-refractivity contribution in [2.45, 2.75) is 26.3 Å². The highest BCUT2D eigenvalue weighted by Gasteiger charge is 2.23. The van der Waals surface area contributed by atoms with Gasteiger partial charge in [-0.25, -0.2) is 4.98 Å². The number of hydrogen-bond acceptors (Lipinski definition) is 4. The Hall–Kier alpha value is -2.67. The van der Waals surface area contributed by atoms with Gasteiger partial charge in [-0.05, 0) is 35.9 Å². The molecule has 1 unspecified atom stereocenters. The van der Waals surface area contributed by atoms with Gasteiger partial charge in [0, 0.05) is 0 Å². The van der Waals surface area contributed by atoms with E-state index in [0.717, 1.165) is 11.0 Å². The van der Waals surface area contributed by atoms with Crippen LogP contribution in [0.25, 0.3) is 11.0 Å². The standard InChI is InChI=1S/C18H20N4O2S/c1-11(2)10-14(19-17(24)15-8-5-9-25-15)16(23)22-18-20-12-6-3-4-7-13(12)21-18/h3-9,11,14H,10H2,1-2H3,(H,19,24)(H2,20,21,22,23). The second-order valence-corrected chi connectivity index (χ2v) is 7.17. The summed E-state index contributed by atoms with van der Waals surface area (Å²) in [5.74, 6) is 0.124. The lowest BCUT2D eigenvalue weighted by molar-refractivity contribution is -0.118. The maximum Gasteiger partial charge on any atom is 0.261 e. The zero-order valence-electron chi connectivity index (χ0n) is 14.1. The molecule has 0 fully saturated rings. The number of nitrogens with zero attached hydrogens (tertiary/aromatic N) is 1. The van der Waals surface area contributed by atoms with Crippen LogP contribution in [0.5, 0.6) is 0 Å². The van der Waals surface area contributed by atoms with E-state index in [-0.39, 0.29) is 17.7 Å². The number of carbonyl (C=O) groups excluding carboxylic acids is 2. The maximum atomic E-state index is 12.6. The topological polar surface area (TPSA) is 86.9 Å². The second-order valence-electron chi connectivity index (χ2n) is 6.22. The van der Waals surface area contributed by atoms with Gasteiger partial charge >= 0.3 is 0 Å². The summed E-state index contributed by atoms with van der Waals surface area (Å²) in [6.45, 7) is 4.03. The number of imidazole rings is 1. The fourth-order valence-corrected chi connectivity index (χ4v) is 3.18. The number of aromatic amines is 1. The van der Waals surface area contributed by atoms with Crippen molar-refractivity contribution >= 4 is 40.1 Å². The normalized spacial score (nSPS) is 12.3. The number of H-pyrrole nitrogens is 1. The molecular weight excluding hydrogens is 336 g/mol. The lowest BCUT2D eigenvalue weighted by Gasteiger charge is -2.19. The molecule has 2 heterocycles. The van der Waals surface area contributed by atoms with Crippen molar-refractivity contribution in [3.63, 3.8) is 0 Å². The Balaban J connectivity index is 1.73. The van der Waals surface area contributed by atoms with E-state index in [2.05, 4.69) is 20.6 Å². The molecule has 7 heteroatoms. The Kier molecular flexibility index (Phi) is 5.14. The molecule has 0 spiro atoms. The van der Waals surface area contributed by atoms with Crippen LogP contribution in [-0.4, -0.2) is 27.8 Å². The first-order valence-electron chi connectivity index (χ1n) is 8.13. The summed E-state index contributed by atoms with van der Waals surface area (Å²) in [6, 6.07) is 10.5. The molecule has 2 amide bonds. The van der Waals surface area contributed by atoms with Gasteiger partial charge in [0.2, 0.25) is 11.9 Å². The number of amides is 2. The third kappa shape index (κ3) is 4.24. The summed E-state index contributed by atoms with van der Waals surface area (Å²) in [5.41, 5.74) is 1.63. The van der Waals surface area contributed by atoms with E-state index in [9.17, 15) is 9.59 Å². The number of benzene rings is 1. The predicted octanol–water partition coefficient (Wildman–Crippen LogP) is 3.41. The average Bonchev–Trinajstić information content (AvgIpc) is 3.22. The Labute approximate surface area is 149 Å². The van der Waals surface area contributed by atoms with E-state index < -0.39 is 6.04 Å². The smallest absolute Gasteiger partial charge is 0.261 e. The van der Waals surface area contributed by atoms with E-state index in [1.165, 1.54) is 11.3 Å². The number of aromatic nitrogens is 2. The van der Waals surface area contributed by atoms with Gasteiger partial charge in [-0.1, -0.05) is 32.0 Å². The van der Waals surface area contributed by atoms with E-state index >= 15 is 0 Å². The Morgan fingerprint density at radius 2 is 2.00 bits per heavy atom. The lowest BCUT2D eigenvalue weighted by atomic mass is 10.0. The fourth-order valence-electron chi connectivity index (χ4n) is 2.56. The van der Waals surface area contributed by atoms with E-state index in [1.54, 1.807) is 6.07 Å². The average molecular weight is 356 g/mol. The highest BCUT2D eigenvalue weighted by atomic mass is 32.1. The van der Waals surface area contributed by atoms with Crippen molar-refractivity contribution in [3.8, 4) is 0 Å². The molecule has 6 nitrogen and oxygen atoms in total. The van der Waals surface area contributed by atoms with Gasteiger partial charge in [0.15, 0.2) is 0 Å². The van der Waals surface area contributed by atoms with Crippen LogP contribution < -0.4 is 10.6 Å². The van der Waals surface area contributed by atoms with Crippen molar-refractivity contribution < 1.29 is 9.59 Å². The van der Waals surface area contributed by atoms with Crippen LogP contribution in [0.15, 0.2) is 41.8 Å².